The lowest BCUT2D eigenvalue weighted by molar-refractivity contribution is -0.120. The van der Waals surface area contributed by atoms with E-state index < -0.39 is 0 Å². The van der Waals surface area contributed by atoms with Crippen LogP contribution in [0.2, 0.25) is 0 Å². The maximum Gasteiger partial charge on any atom is 0.233 e. The summed E-state index contributed by atoms with van der Waals surface area (Å²) in [6.45, 7) is 2.63. The number of ether oxygens (including phenoxy) is 1. The number of carbonyl (C=O) groups is 1. The zero-order valence-electron chi connectivity index (χ0n) is 17.2. The number of carbonyl (C=O) groups excluding carboxylic acids is 1. The smallest absolute Gasteiger partial charge is 0.233 e. The number of nitrogens with zero attached hydrogens (tertiary/aromatic N) is 3. The van der Waals surface area contributed by atoms with Gasteiger partial charge in [0.1, 0.15) is 5.75 Å². The van der Waals surface area contributed by atoms with Crippen LogP contribution < -0.4 is 10.1 Å². The summed E-state index contributed by atoms with van der Waals surface area (Å²) < 4.78 is 7.64. The van der Waals surface area contributed by atoms with Crippen molar-refractivity contribution in [3.05, 3.63) is 60.2 Å². The first-order valence-electron chi connectivity index (χ1n) is 10.2. The van der Waals surface area contributed by atoms with E-state index in [-0.39, 0.29) is 11.2 Å². The SMILES string of the molecule is COc1ccccc1-c1nnc(S[C@H](C)C(=O)NC2CC2)n1CCc1ccccc1. The summed E-state index contributed by atoms with van der Waals surface area (Å²) >= 11 is 1.45. The number of benzene rings is 2. The summed E-state index contributed by atoms with van der Waals surface area (Å²) in [5.41, 5.74) is 2.13. The molecule has 0 bridgehead atoms. The quantitative estimate of drug-likeness (QED) is 0.529. The summed E-state index contributed by atoms with van der Waals surface area (Å²) in [7, 11) is 1.66. The molecule has 156 valence electrons. The molecule has 1 aromatic heterocycles. The van der Waals surface area contributed by atoms with Gasteiger partial charge in [0, 0.05) is 12.6 Å². The van der Waals surface area contributed by atoms with Crippen LogP contribution >= 0.6 is 11.8 Å². The first-order chi connectivity index (χ1) is 14.7. The van der Waals surface area contributed by atoms with Crippen LogP contribution in [0.15, 0.2) is 59.8 Å². The Kier molecular flexibility index (Phi) is 6.38. The Morgan fingerprint density at radius 2 is 1.90 bits per heavy atom. The molecule has 0 radical (unpaired) electrons. The average molecular weight is 423 g/mol. The molecule has 30 heavy (non-hydrogen) atoms. The van der Waals surface area contributed by atoms with E-state index in [0.29, 0.717) is 12.6 Å². The highest BCUT2D eigenvalue weighted by Crippen LogP contribution is 2.32. The van der Waals surface area contributed by atoms with Gasteiger partial charge in [0.15, 0.2) is 11.0 Å². The minimum absolute atomic E-state index is 0.0546. The van der Waals surface area contributed by atoms with Gasteiger partial charge in [-0.1, -0.05) is 54.2 Å². The number of nitrogens with one attached hydrogen (secondary N) is 1. The van der Waals surface area contributed by atoms with Crippen molar-refractivity contribution in [2.45, 2.75) is 49.2 Å². The van der Waals surface area contributed by atoms with Crippen molar-refractivity contribution in [2.75, 3.05) is 7.11 Å². The fraction of sp³-hybridized carbons (Fsp3) is 0.348. The third kappa shape index (κ3) is 4.84. The largest absolute Gasteiger partial charge is 0.496 e. The molecule has 1 amide bonds. The monoisotopic (exact) mass is 422 g/mol. The predicted octanol–water partition coefficient (Wildman–Crippen LogP) is 3.96. The molecule has 2 aromatic carbocycles. The molecule has 7 heteroatoms. The lowest BCUT2D eigenvalue weighted by Gasteiger charge is -2.14. The topological polar surface area (TPSA) is 69.0 Å². The van der Waals surface area contributed by atoms with Gasteiger partial charge in [0.05, 0.1) is 17.9 Å². The molecule has 1 saturated carbocycles. The number of amides is 1. The second-order valence-electron chi connectivity index (χ2n) is 7.44. The van der Waals surface area contributed by atoms with Crippen LogP contribution in [-0.2, 0) is 17.8 Å². The summed E-state index contributed by atoms with van der Waals surface area (Å²) in [5.74, 6) is 1.56. The van der Waals surface area contributed by atoms with Crippen molar-refractivity contribution < 1.29 is 9.53 Å². The average Bonchev–Trinajstić information content (AvgIpc) is 3.51. The van der Waals surface area contributed by atoms with Crippen LogP contribution in [0.25, 0.3) is 11.4 Å². The molecular weight excluding hydrogens is 396 g/mol. The first-order valence-corrected chi connectivity index (χ1v) is 11.1. The van der Waals surface area contributed by atoms with Gasteiger partial charge in [-0.3, -0.25) is 4.79 Å². The van der Waals surface area contributed by atoms with Gasteiger partial charge >= 0.3 is 0 Å². The van der Waals surface area contributed by atoms with E-state index in [1.807, 2.05) is 49.4 Å². The zero-order valence-corrected chi connectivity index (χ0v) is 18.1. The van der Waals surface area contributed by atoms with Gasteiger partial charge < -0.3 is 14.6 Å². The van der Waals surface area contributed by atoms with Crippen LogP contribution in [0, 0.1) is 0 Å². The Bertz CT molecular complexity index is 1000. The van der Waals surface area contributed by atoms with Crippen LogP contribution in [0.5, 0.6) is 5.75 Å². The molecule has 1 aliphatic rings. The standard InChI is InChI=1S/C23H26N4O2S/c1-16(22(28)24-18-12-13-18)30-23-26-25-21(19-10-6-7-11-20(19)29-2)27(23)15-14-17-8-4-3-5-9-17/h3-11,16,18H,12-15H2,1-2H3,(H,24,28)/t16-/m1/s1. The number of para-hydroxylation sites is 1. The molecule has 1 fully saturated rings. The third-order valence-corrected chi connectivity index (χ3v) is 6.19. The zero-order chi connectivity index (χ0) is 20.9. The molecule has 1 heterocycles. The molecule has 0 spiro atoms. The van der Waals surface area contributed by atoms with E-state index in [2.05, 4.69) is 32.2 Å². The Balaban J connectivity index is 1.61. The number of aryl methyl sites for hydroxylation is 1. The number of hydrogen-bond acceptors (Lipinski definition) is 5. The fourth-order valence-electron chi connectivity index (χ4n) is 3.25. The molecule has 1 atom stereocenters. The van der Waals surface area contributed by atoms with Crippen molar-refractivity contribution >= 4 is 17.7 Å². The Morgan fingerprint density at radius 3 is 2.63 bits per heavy atom. The molecule has 0 saturated heterocycles. The number of methoxy groups -OCH3 is 1. The lowest BCUT2D eigenvalue weighted by atomic mass is 10.1. The minimum Gasteiger partial charge on any atom is -0.496 e. The van der Waals surface area contributed by atoms with E-state index in [9.17, 15) is 4.79 Å². The molecule has 4 rings (SSSR count). The van der Waals surface area contributed by atoms with Crippen molar-refractivity contribution in [1.82, 2.24) is 20.1 Å². The molecule has 1 aliphatic carbocycles. The molecule has 3 aromatic rings. The highest BCUT2D eigenvalue weighted by molar-refractivity contribution is 8.00. The summed E-state index contributed by atoms with van der Waals surface area (Å²) in [6.07, 6.45) is 3.00. The van der Waals surface area contributed by atoms with Crippen LogP contribution in [-0.4, -0.2) is 39.1 Å². The van der Waals surface area contributed by atoms with Gasteiger partial charge in [-0.25, -0.2) is 0 Å². The first kappa shape index (κ1) is 20.5. The number of thioether (sulfide) groups is 1. The van der Waals surface area contributed by atoms with Gasteiger partial charge in [0.25, 0.3) is 0 Å². The second-order valence-corrected chi connectivity index (χ2v) is 8.74. The maximum absolute atomic E-state index is 12.5. The highest BCUT2D eigenvalue weighted by atomic mass is 32.2. The minimum atomic E-state index is -0.240. The van der Waals surface area contributed by atoms with E-state index in [1.54, 1.807) is 7.11 Å². The summed E-state index contributed by atoms with van der Waals surface area (Å²) in [4.78, 5) is 12.5. The lowest BCUT2D eigenvalue weighted by Crippen LogP contribution is -2.32. The van der Waals surface area contributed by atoms with Crippen LogP contribution in [0.4, 0.5) is 0 Å². The molecule has 1 N–H and O–H groups in total. The molecule has 0 aliphatic heterocycles. The van der Waals surface area contributed by atoms with E-state index in [0.717, 1.165) is 41.6 Å². The Morgan fingerprint density at radius 1 is 1.17 bits per heavy atom. The van der Waals surface area contributed by atoms with Crippen LogP contribution in [0.3, 0.4) is 0 Å². The van der Waals surface area contributed by atoms with E-state index in [1.165, 1.54) is 17.3 Å². The van der Waals surface area contributed by atoms with Gasteiger partial charge in [0.2, 0.25) is 5.91 Å². The van der Waals surface area contributed by atoms with Crippen LogP contribution in [0.1, 0.15) is 25.3 Å². The molecule has 6 nitrogen and oxygen atoms in total. The van der Waals surface area contributed by atoms with E-state index >= 15 is 0 Å². The van der Waals surface area contributed by atoms with Crippen molar-refractivity contribution in [2.24, 2.45) is 0 Å². The third-order valence-electron chi connectivity index (χ3n) is 5.11. The van der Waals surface area contributed by atoms with Crippen molar-refractivity contribution in [1.29, 1.82) is 0 Å². The highest BCUT2D eigenvalue weighted by Gasteiger charge is 2.27. The number of hydrogen-bond donors (Lipinski definition) is 1. The molecular formula is C23H26N4O2S. The maximum atomic E-state index is 12.5. The van der Waals surface area contributed by atoms with Gasteiger partial charge in [-0.15, -0.1) is 10.2 Å². The predicted molar refractivity (Wildman–Crippen MR) is 119 cm³/mol. The second kappa shape index (κ2) is 9.34. The summed E-state index contributed by atoms with van der Waals surface area (Å²) in [5, 5.41) is 12.5. The van der Waals surface area contributed by atoms with E-state index in [4.69, 9.17) is 4.74 Å². The fourth-order valence-corrected chi connectivity index (χ4v) is 4.13. The molecule has 0 unspecified atom stereocenters. The van der Waals surface area contributed by atoms with Gasteiger partial charge in [-0.05, 0) is 43.9 Å². The van der Waals surface area contributed by atoms with Gasteiger partial charge in [-0.2, -0.15) is 0 Å². The van der Waals surface area contributed by atoms with Crippen molar-refractivity contribution in [3.8, 4) is 17.1 Å². The number of aromatic nitrogens is 3. The van der Waals surface area contributed by atoms with Crippen molar-refractivity contribution in [3.63, 3.8) is 0 Å². The number of rotatable bonds is 9. The Labute approximate surface area is 181 Å². The summed E-state index contributed by atoms with van der Waals surface area (Å²) in [6, 6.07) is 18.5. The Hall–Kier alpha value is -2.80. The normalized spacial score (nSPS) is 14.3.